The molecule has 0 aliphatic rings. The molecule has 0 fully saturated rings. The summed E-state index contributed by atoms with van der Waals surface area (Å²) in [6.45, 7) is 3.89. The van der Waals surface area contributed by atoms with E-state index in [1.807, 2.05) is 44.3 Å². The third-order valence-electron chi connectivity index (χ3n) is 2.81. The summed E-state index contributed by atoms with van der Waals surface area (Å²) in [5.74, 6) is 0.791. The van der Waals surface area contributed by atoms with Crippen molar-refractivity contribution in [2.75, 3.05) is 0 Å². The van der Waals surface area contributed by atoms with Gasteiger partial charge < -0.3 is 5.73 Å². The maximum absolute atomic E-state index is 5.95. The van der Waals surface area contributed by atoms with Crippen molar-refractivity contribution in [3.63, 3.8) is 0 Å². The van der Waals surface area contributed by atoms with Gasteiger partial charge in [-0.25, -0.2) is 9.97 Å². The van der Waals surface area contributed by atoms with Crippen molar-refractivity contribution in [2.45, 2.75) is 26.3 Å². The molecule has 0 aliphatic carbocycles. The summed E-state index contributed by atoms with van der Waals surface area (Å²) in [7, 11) is 0. The van der Waals surface area contributed by atoms with Gasteiger partial charge in [0.1, 0.15) is 5.82 Å². The van der Waals surface area contributed by atoms with Crippen LogP contribution in [-0.2, 0) is 6.42 Å². The topological polar surface area (TPSA) is 51.8 Å². The maximum atomic E-state index is 5.95. The van der Waals surface area contributed by atoms with E-state index < -0.39 is 0 Å². The summed E-state index contributed by atoms with van der Waals surface area (Å²) in [4.78, 5) is 8.84. The largest absolute Gasteiger partial charge is 0.324 e. The van der Waals surface area contributed by atoms with Gasteiger partial charge in [0.15, 0.2) is 0 Å². The van der Waals surface area contributed by atoms with Crippen molar-refractivity contribution in [1.82, 2.24) is 9.97 Å². The van der Waals surface area contributed by atoms with Gasteiger partial charge in [-0.1, -0.05) is 23.7 Å². The van der Waals surface area contributed by atoms with Crippen LogP contribution in [0.3, 0.4) is 0 Å². The van der Waals surface area contributed by atoms with Crippen LogP contribution < -0.4 is 5.73 Å². The smallest absolute Gasteiger partial charge is 0.132 e. The summed E-state index contributed by atoms with van der Waals surface area (Å²) in [5.41, 5.74) is 8.88. The second kappa shape index (κ2) is 5.46. The van der Waals surface area contributed by atoms with Gasteiger partial charge in [-0.2, -0.15) is 0 Å². The molecule has 2 aromatic rings. The average Bonchev–Trinajstić information content (AvgIpc) is 2.28. The molecule has 4 heteroatoms. The molecule has 94 valence electrons. The molecule has 0 saturated heterocycles. The van der Waals surface area contributed by atoms with E-state index >= 15 is 0 Å². The fourth-order valence-electron chi connectivity index (χ4n) is 1.89. The van der Waals surface area contributed by atoms with E-state index in [1.54, 1.807) is 0 Å². The van der Waals surface area contributed by atoms with Crippen LogP contribution in [0, 0.1) is 6.92 Å². The Kier molecular flexibility index (Phi) is 3.94. The van der Waals surface area contributed by atoms with E-state index in [4.69, 9.17) is 17.3 Å². The molecule has 0 spiro atoms. The minimum atomic E-state index is -0.0368. The minimum absolute atomic E-state index is 0.0368. The van der Waals surface area contributed by atoms with Gasteiger partial charge in [-0.15, -0.1) is 0 Å². The van der Waals surface area contributed by atoms with Crippen LogP contribution in [0.5, 0.6) is 0 Å². The molecule has 0 bridgehead atoms. The zero-order valence-electron chi connectivity index (χ0n) is 10.5. The summed E-state index contributed by atoms with van der Waals surface area (Å²) in [5, 5.41) is 0.733. The molecule has 0 amide bonds. The number of hydrogen-bond donors (Lipinski definition) is 1. The number of nitrogens with zero attached hydrogens (tertiary/aromatic N) is 2. The molecule has 0 saturated carbocycles. The van der Waals surface area contributed by atoms with Crippen LogP contribution >= 0.6 is 11.6 Å². The molecular formula is C14H16ClN3. The standard InChI is InChI=1S/C14H16ClN3/c1-9(16)13-8-17-14(18-10(13)2)7-11-4-3-5-12(15)6-11/h3-6,8-9H,7,16H2,1-2H3. The van der Waals surface area contributed by atoms with Gasteiger partial charge in [0.2, 0.25) is 0 Å². The number of nitrogens with two attached hydrogens (primary N) is 1. The van der Waals surface area contributed by atoms with Gasteiger partial charge in [0.05, 0.1) is 0 Å². The van der Waals surface area contributed by atoms with Crippen LogP contribution in [0.4, 0.5) is 0 Å². The Morgan fingerprint density at radius 1 is 1.39 bits per heavy atom. The first-order chi connectivity index (χ1) is 8.56. The van der Waals surface area contributed by atoms with E-state index in [9.17, 15) is 0 Å². The molecule has 1 aromatic heterocycles. The van der Waals surface area contributed by atoms with Crippen LogP contribution in [0.1, 0.15) is 35.6 Å². The van der Waals surface area contributed by atoms with Crippen LogP contribution in [0.15, 0.2) is 30.5 Å². The molecule has 2 rings (SSSR count). The first-order valence-corrected chi connectivity index (χ1v) is 6.26. The Labute approximate surface area is 112 Å². The first kappa shape index (κ1) is 13.0. The summed E-state index contributed by atoms with van der Waals surface area (Å²) >= 11 is 5.95. The molecule has 1 unspecified atom stereocenters. The fourth-order valence-corrected chi connectivity index (χ4v) is 2.10. The van der Waals surface area contributed by atoms with Crippen molar-refractivity contribution in [2.24, 2.45) is 5.73 Å². The predicted molar refractivity (Wildman–Crippen MR) is 73.6 cm³/mol. The van der Waals surface area contributed by atoms with E-state index in [2.05, 4.69) is 9.97 Å². The van der Waals surface area contributed by atoms with Crippen molar-refractivity contribution >= 4 is 11.6 Å². The quantitative estimate of drug-likeness (QED) is 0.924. The number of aryl methyl sites for hydroxylation is 1. The third-order valence-corrected chi connectivity index (χ3v) is 3.04. The highest BCUT2D eigenvalue weighted by molar-refractivity contribution is 6.30. The lowest BCUT2D eigenvalue weighted by molar-refractivity contribution is 0.777. The van der Waals surface area contributed by atoms with E-state index in [-0.39, 0.29) is 6.04 Å². The third kappa shape index (κ3) is 3.06. The Bertz CT molecular complexity index is 552. The van der Waals surface area contributed by atoms with Crippen molar-refractivity contribution in [3.8, 4) is 0 Å². The summed E-state index contributed by atoms with van der Waals surface area (Å²) in [6.07, 6.45) is 2.49. The average molecular weight is 262 g/mol. The minimum Gasteiger partial charge on any atom is -0.324 e. The number of hydrogen-bond acceptors (Lipinski definition) is 3. The van der Waals surface area contributed by atoms with Crippen LogP contribution in [0.25, 0.3) is 0 Å². The molecule has 1 atom stereocenters. The highest BCUT2D eigenvalue weighted by Gasteiger charge is 2.07. The fraction of sp³-hybridized carbons (Fsp3) is 0.286. The van der Waals surface area contributed by atoms with Crippen molar-refractivity contribution in [1.29, 1.82) is 0 Å². The molecule has 1 aromatic carbocycles. The predicted octanol–water partition coefficient (Wildman–Crippen LogP) is 3.05. The number of benzene rings is 1. The highest BCUT2D eigenvalue weighted by atomic mass is 35.5. The van der Waals surface area contributed by atoms with Crippen LogP contribution in [0.2, 0.25) is 5.02 Å². The van der Waals surface area contributed by atoms with Crippen LogP contribution in [-0.4, -0.2) is 9.97 Å². The number of halogens is 1. The van der Waals surface area contributed by atoms with E-state index in [0.717, 1.165) is 27.7 Å². The number of rotatable bonds is 3. The van der Waals surface area contributed by atoms with Gasteiger partial charge in [-0.3, -0.25) is 0 Å². The number of aromatic nitrogens is 2. The lowest BCUT2D eigenvalue weighted by atomic mass is 10.1. The summed E-state index contributed by atoms with van der Waals surface area (Å²) < 4.78 is 0. The molecule has 18 heavy (non-hydrogen) atoms. The van der Waals surface area contributed by atoms with Gasteiger partial charge in [0, 0.05) is 34.9 Å². The molecule has 0 radical (unpaired) electrons. The molecule has 0 aliphatic heterocycles. The van der Waals surface area contributed by atoms with Crippen molar-refractivity contribution < 1.29 is 0 Å². The highest BCUT2D eigenvalue weighted by Crippen LogP contribution is 2.15. The van der Waals surface area contributed by atoms with Gasteiger partial charge in [0.25, 0.3) is 0 Å². The Balaban J connectivity index is 2.23. The molecular weight excluding hydrogens is 246 g/mol. The lowest BCUT2D eigenvalue weighted by Crippen LogP contribution is -2.10. The van der Waals surface area contributed by atoms with Gasteiger partial charge in [-0.05, 0) is 31.5 Å². The normalized spacial score (nSPS) is 12.4. The Morgan fingerprint density at radius 3 is 2.78 bits per heavy atom. The Morgan fingerprint density at radius 2 is 2.17 bits per heavy atom. The second-order valence-electron chi connectivity index (χ2n) is 4.42. The van der Waals surface area contributed by atoms with E-state index in [0.29, 0.717) is 6.42 Å². The zero-order chi connectivity index (χ0) is 13.1. The van der Waals surface area contributed by atoms with Crippen molar-refractivity contribution in [3.05, 3.63) is 58.1 Å². The summed E-state index contributed by atoms with van der Waals surface area (Å²) in [6, 6.07) is 7.70. The van der Waals surface area contributed by atoms with E-state index in [1.165, 1.54) is 0 Å². The Hall–Kier alpha value is -1.45. The molecule has 1 heterocycles. The first-order valence-electron chi connectivity index (χ1n) is 5.88. The lowest BCUT2D eigenvalue weighted by Gasteiger charge is -2.09. The SMILES string of the molecule is Cc1nc(Cc2cccc(Cl)c2)ncc1C(C)N. The maximum Gasteiger partial charge on any atom is 0.132 e. The zero-order valence-corrected chi connectivity index (χ0v) is 11.3. The molecule has 3 nitrogen and oxygen atoms in total. The second-order valence-corrected chi connectivity index (χ2v) is 4.86. The molecule has 2 N–H and O–H groups in total. The monoisotopic (exact) mass is 261 g/mol. The van der Waals surface area contributed by atoms with Gasteiger partial charge >= 0.3 is 0 Å².